The first-order valence-corrected chi connectivity index (χ1v) is 12.0. The highest BCUT2D eigenvalue weighted by molar-refractivity contribution is 5.41. The van der Waals surface area contributed by atoms with E-state index in [-0.39, 0.29) is 5.56 Å². The average molecular weight is 432 g/mol. The molecule has 0 radical (unpaired) electrons. The smallest absolute Gasteiger partial charge is 0.255 e. The lowest BCUT2D eigenvalue weighted by Gasteiger charge is -2.29. The van der Waals surface area contributed by atoms with Crippen LogP contribution in [0.25, 0.3) is 5.82 Å². The van der Waals surface area contributed by atoms with E-state index >= 15 is 0 Å². The summed E-state index contributed by atoms with van der Waals surface area (Å²) in [6.45, 7) is 8.82. The first-order chi connectivity index (χ1) is 15.5. The molecule has 0 atom stereocenters. The average Bonchev–Trinajstić information content (AvgIpc) is 3.07. The third kappa shape index (κ3) is 3.92. The zero-order valence-corrected chi connectivity index (χ0v) is 19.4. The summed E-state index contributed by atoms with van der Waals surface area (Å²) in [5, 5.41) is 0. The Bertz CT molecular complexity index is 1190. The third-order valence-corrected chi connectivity index (χ3v) is 7.28. The molecule has 1 aliphatic carbocycles. The van der Waals surface area contributed by atoms with Gasteiger partial charge in [0.2, 0.25) is 0 Å². The molecule has 168 valence electrons. The molecule has 0 unspecified atom stereocenters. The Balaban J connectivity index is 1.37. The van der Waals surface area contributed by atoms with Gasteiger partial charge in [-0.05, 0) is 56.9 Å². The van der Waals surface area contributed by atoms with E-state index in [1.54, 1.807) is 0 Å². The van der Waals surface area contributed by atoms with Crippen molar-refractivity contribution >= 4 is 0 Å². The van der Waals surface area contributed by atoms with Crippen molar-refractivity contribution in [2.24, 2.45) is 0 Å². The summed E-state index contributed by atoms with van der Waals surface area (Å²) < 4.78 is 2.24. The van der Waals surface area contributed by atoms with Crippen molar-refractivity contribution in [2.45, 2.75) is 78.3 Å². The van der Waals surface area contributed by atoms with E-state index in [0.717, 1.165) is 55.3 Å². The minimum Gasteiger partial charge on any atom is -0.310 e. The Morgan fingerprint density at radius 1 is 1.16 bits per heavy atom. The molecule has 4 heterocycles. The van der Waals surface area contributed by atoms with Crippen LogP contribution >= 0.6 is 0 Å². The van der Waals surface area contributed by atoms with E-state index in [1.807, 2.05) is 12.3 Å². The van der Waals surface area contributed by atoms with Gasteiger partial charge in [0.05, 0.1) is 11.3 Å². The van der Waals surface area contributed by atoms with Gasteiger partial charge < -0.3 is 9.55 Å². The van der Waals surface area contributed by atoms with Crippen LogP contribution in [0.3, 0.4) is 0 Å². The number of aromatic nitrogens is 4. The number of nitrogens with zero attached hydrogens (tertiary/aromatic N) is 4. The molecule has 5 rings (SSSR count). The lowest BCUT2D eigenvalue weighted by atomic mass is 9.88. The van der Waals surface area contributed by atoms with E-state index < -0.39 is 0 Å². The minimum absolute atomic E-state index is 0.0647. The van der Waals surface area contributed by atoms with Gasteiger partial charge in [0, 0.05) is 49.6 Å². The summed E-state index contributed by atoms with van der Waals surface area (Å²) in [7, 11) is 0. The zero-order chi connectivity index (χ0) is 22.2. The van der Waals surface area contributed by atoms with E-state index in [0.29, 0.717) is 12.5 Å². The van der Waals surface area contributed by atoms with Crippen LogP contribution in [0, 0.1) is 20.8 Å². The van der Waals surface area contributed by atoms with Crippen molar-refractivity contribution in [3.8, 4) is 5.82 Å². The Morgan fingerprint density at radius 3 is 2.75 bits per heavy atom. The topological polar surface area (TPSA) is 66.8 Å². The fourth-order valence-electron chi connectivity index (χ4n) is 5.47. The molecule has 3 aromatic heterocycles. The molecule has 0 saturated heterocycles. The van der Waals surface area contributed by atoms with Crippen LogP contribution in [0.2, 0.25) is 0 Å². The summed E-state index contributed by atoms with van der Waals surface area (Å²) in [6, 6.07) is 6.33. The Labute approximate surface area is 189 Å². The first kappa shape index (κ1) is 21.1. The molecule has 0 spiro atoms. The second-order valence-corrected chi connectivity index (χ2v) is 9.55. The maximum Gasteiger partial charge on any atom is 0.255 e. The van der Waals surface area contributed by atoms with Gasteiger partial charge in [-0.25, -0.2) is 9.97 Å². The second kappa shape index (κ2) is 8.66. The van der Waals surface area contributed by atoms with E-state index in [1.165, 1.54) is 41.8 Å². The van der Waals surface area contributed by atoms with Gasteiger partial charge in [-0.15, -0.1) is 0 Å². The standard InChI is InChI=1S/C26H33N5O/c1-17-8-7-12-27-25(17)31-18(2)14-21(19(31)3)15-30-13-11-23-22(16-30)26(32)29-24(28-23)20-9-5-4-6-10-20/h7-8,12,14,20H,4-6,9-11,13,15-16H2,1-3H3,(H,28,29,32). The van der Waals surface area contributed by atoms with Gasteiger partial charge >= 0.3 is 0 Å². The monoisotopic (exact) mass is 431 g/mol. The molecule has 2 aliphatic rings. The number of aryl methyl sites for hydroxylation is 2. The predicted octanol–water partition coefficient (Wildman–Crippen LogP) is 4.49. The third-order valence-electron chi connectivity index (χ3n) is 7.28. The van der Waals surface area contributed by atoms with Crippen LogP contribution in [0.4, 0.5) is 0 Å². The minimum atomic E-state index is 0.0647. The Morgan fingerprint density at radius 2 is 1.97 bits per heavy atom. The predicted molar refractivity (Wildman–Crippen MR) is 126 cm³/mol. The van der Waals surface area contributed by atoms with Crippen LogP contribution in [-0.4, -0.2) is 31.0 Å². The highest BCUT2D eigenvalue weighted by Crippen LogP contribution is 2.31. The van der Waals surface area contributed by atoms with Gasteiger partial charge in [0.15, 0.2) is 0 Å². The molecule has 0 bridgehead atoms. The van der Waals surface area contributed by atoms with Crippen molar-refractivity contribution in [3.63, 3.8) is 0 Å². The molecular formula is C26H33N5O. The van der Waals surface area contributed by atoms with Gasteiger partial charge in [0.1, 0.15) is 11.6 Å². The fourth-order valence-corrected chi connectivity index (χ4v) is 5.47. The highest BCUT2D eigenvalue weighted by atomic mass is 16.1. The molecule has 6 nitrogen and oxygen atoms in total. The van der Waals surface area contributed by atoms with Crippen molar-refractivity contribution in [1.29, 1.82) is 0 Å². The Hall–Kier alpha value is -2.73. The van der Waals surface area contributed by atoms with E-state index in [4.69, 9.17) is 4.98 Å². The summed E-state index contributed by atoms with van der Waals surface area (Å²) in [4.78, 5) is 28.0. The zero-order valence-electron chi connectivity index (χ0n) is 19.4. The molecule has 6 heteroatoms. The molecule has 0 aromatic carbocycles. The number of hydrogen-bond donors (Lipinski definition) is 1. The Kier molecular flexibility index (Phi) is 5.72. The van der Waals surface area contributed by atoms with Crippen molar-refractivity contribution < 1.29 is 0 Å². The van der Waals surface area contributed by atoms with Gasteiger partial charge in [-0.1, -0.05) is 25.3 Å². The van der Waals surface area contributed by atoms with Crippen LogP contribution in [0.5, 0.6) is 0 Å². The molecule has 32 heavy (non-hydrogen) atoms. The number of nitrogens with one attached hydrogen (secondary N) is 1. The van der Waals surface area contributed by atoms with Gasteiger partial charge in [0.25, 0.3) is 5.56 Å². The van der Waals surface area contributed by atoms with Crippen molar-refractivity contribution in [1.82, 2.24) is 24.4 Å². The van der Waals surface area contributed by atoms with Crippen LogP contribution in [-0.2, 0) is 19.5 Å². The van der Waals surface area contributed by atoms with Crippen LogP contribution in [0.1, 0.15) is 77.6 Å². The summed E-state index contributed by atoms with van der Waals surface area (Å²) in [5.74, 6) is 2.35. The van der Waals surface area contributed by atoms with Gasteiger partial charge in [-0.3, -0.25) is 9.69 Å². The quantitative estimate of drug-likeness (QED) is 0.661. The lowest BCUT2D eigenvalue weighted by molar-refractivity contribution is 0.240. The molecule has 1 N–H and O–H groups in total. The maximum atomic E-state index is 12.9. The SMILES string of the molecule is Cc1cccnc1-n1c(C)cc(CN2CCc3nc(C4CCCCC4)[nH]c(=O)c3C2)c1C. The van der Waals surface area contributed by atoms with Crippen LogP contribution in [0.15, 0.2) is 29.2 Å². The van der Waals surface area contributed by atoms with Gasteiger partial charge in [-0.2, -0.15) is 0 Å². The van der Waals surface area contributed by atoms with Crippen molar-refractivity contribution in [3.05, 3.63) is 74.3 Å². The molecule has 1 fully saturated rings. The first-order valence-electron chi connectivity index (χ1n) is 12.0. The maximum absolute atomic E-state index is 12.9. The molecular weight excluding hydrogens is 398 g/mol. The van der Waals surface area contributed by atoms with Crippen molar-refractivity contribution in [2.75, 3.05) is 6.54 Å². The van der Waals surface area contributed by atoms with E-state index in [9.17, 15) is 4.79 Å². The number of pyridine rings is 1. The number of hydrogen-bond acceptors (Lipinski definition) is 4. The van der Waals surface area contributed by atoms with Crippen LogP contribution < -0.4 is 5.56 Å². The fraction of sp³-hybridized carbons (Fsp3) is 0.500. The molecule has 1 saturated carbocycles. The normalized spacial score (nSPS) is 17.5. The lowest BCUT2D eigenvalue weighted by Crippen LogP contribution is -2.36. The molecule has 3 aromatic rings. The summed E-state index contributed by atoms with van der Waals surface area (Å²) in [6.07, 6.45) is 8.80. The summed E-state index contributed by atoms with van der Waals surface area (Å²) >= 11 is 0. The molecule has 1 aliphatic heterocycles. The second-order valence-electron chi connectivity index (χ2n) is 9.55. The number of rotatable bonds is 4. The number of aromatic amines is 1. The largest absolute Gasteiger partial charge is 0.310 e. The summed E-state index contributed by atoms with van der Waals surface area (Å²) in [5.41, 5.74) is 6.79. The number of fused-ring (bicyclic) bond motifs is 1. The molecule has 0 amide bonds. The van der Waals surface area contributed by atoms with E-state index in [2.05, 4.69) is 52.3 Å². The number of H-pyrrole nitrogens is 1. The highest BCUT2D eigenvalue weighted by Gasteiger charge is 2.25.